The van der Waals surface area contributed by atoms with Crippen LogP contribution in [-0.4, -0.2) is 22.1 Å². The van der Waals surface area contributed by atoms with Gasteiger partial charge in [-0.05, 0) is 72.0 Å². The van der Waals surface area contributed by atoms with E-state index in [0.717, 1.165) is 33.9 Å². The molecule has 5 heteroatoms. The van der Waals surface area contributed by atoms with Crippen molar-refractivity contribution >= 4 is 11.7 Å². The van der Waals surface area contributed by atoms with Gasteiger partial charge >= 0.3 is 6.03 Å². The van der Waals surface area contributed by atoms with Crippen LogP contribution < -0.4 is 10.1 Å². The molecule has 0 aliphatic carbocycles. The van der Waals surface area contributed by atoms with Crippen molar-refractivity contribution in [1.82, 2.24) is 9.47 Å². The smallest absolute Gasteiger partial charge is 0.322 e. The molecule has 1 N–H and O–H groups in total. The Morgan fingerprint density at radius 1 is 0.971 bits per heavy atom. The van der Waals surface area contributed by atoms with Crippen LogP contribution in [0.1, 0.15) is 55.1 Å². The molecule has 4 aromatic rings. The van der Waals surface area contributed by atoms with Crippen molar-refractivity contribution in [1.29, 1.82) is 0 Å². The van der Waals surface area contributed by atoms with Crippen LogP contribution in [0.25, 0.3) is 5.69 Å². The number of ether oxygens (including phenoxy) is 1. The van der Waals surface area contributed by atoms with E-state index < -0.39 is 0 Å². The minimum Gasteiger partial charge on any atom is -0.494 e. The van der Waals surface area contributed by atoms with Crippen LogP contribution in [-0.2, 0) is 6.54 Å². The van der Waals surface area contributed by atoms with Crippen LogP contribution in [0.15, 0.2) is 91.1 Å². The molecule has 1 aliphatic heterocycles. The van der Waals surface area contributed by atoms with E-state index in [1.807, 2.05) is 48.2 Å². The van der Waals surface area contributed by atoms with Crippen LogP contribution in [0, 0.1) is 0 Å². The second kappa shape index (κ2) is 9.71. The first-order valence-corrected chi connectivity index (χ1v) is 12.2. The predicted octanol–water partition coefficient (Wildman–Crippen LogP) is 7.14. The maximum Gasteiger partial charge on any atom is 0.322 e. The molecule has 3 aromatic carbocycles. The summed E-state index contributed by atoms with van der Waals surface area (Å²) >= 11 is 0. The average Bonchev–Trinajstić information content (AvgIpc) is 3.30. The SMILES string of the molecule is CCOc1ccc(NC(=O)N2Cc3ccccc3-n3cccc3[C@H]2c2ccc(C(C)C)cc2)cc1. The number of hydrogen-bond donors (Lipinski definition) is 1. The number of urea groups is 1. The van der Waals surface area contributed by atoms with Crippen molar-refractivity contribution in [2.45, 2.75) is 39.3 Å². The lowest BCUT2D eigenvalue weighted by atomic mass is 9.97. The predicted molar refractivity (Wildman–Crippen MR) is 140 cm³/mol. The van der Waals surface area contributed by atoms with Gasteiger partial charge in [-0.15, -0.1) is 0 Å². The summed E-state index contributed by atoms with van der Waals surface area (Å²) in [4.78, 5) is 15.7. The minimum absolute atomic E-state index is 0.142. The lowest BCUT2D eigenvalue weighted by Crippen LogP contribution is -2.37. The van der Waals surface area contributed by atoms with Crippen molar-refractivity contribution < 1.29 is 9.53 Å². The van der Waals surface area contributed by atoms with Gasteiger partial charge in [-0.3, -0.25) is 0 Å². The number of carbonyl (C=O) groups is 1. The lowest BCUT2D eigenvalue weighted by molar-refractivity contribution is 0.194. The fraction of sp³-hybridized carbons (Fsp3) is 0.233. The first-order valence-electron chi connectivity index (χ1n) is 12.2. The third-order valence-corrected chi connectivity index (χ3v) is 6.56. The molecule has 0 saturated carbocycles. The van der Waals surface area contributed by atoms with Gasteiger partial charge in [0.2, 0.25) is 0 Å². The fourth-order valence-electron chi connectivity index (χ4n) is 4.75. The van der Waals surface area contributed by atoms with Gasteiger partial charge in [0.25, 0.3) is 0 Å². The van der Waals surface area contributed by atoms with Gasteiger partial charge in [-0.1, -0.05) is 56.3 Å². The largest absolute Gasteiger partial charge is 0.494 e. The van der Waals surface area contributed by atoms with Crippen molar-refractivity contribution in [3.8, 4) is 11.4 Å². The molecule has 1 aromatic heterocycles. The second-order valence-electron chi connectivity index (χ2n) is 9.17. The quantitative estimate of drug-likeness (QED) is 0.341. The van der Waals surface area contributed by atoms with Crippen LogP contribution >= 0.6 is 0 Å². The van der Waals surface area contributed by atoms with Gasteiger partial charge in [0.1, 0.15) is 5.75 Å². The topological polar surface area (TPSA) is 46.5 Å². The zero-order valence-corrected chi connectivity index (χ0v) is 20.4. The summed E-state index contributed by atoms with van der Waals surface area (Å²) in [6.45, 7) is 7.45. The van der Waals surface area contributed by atoms with E-state index in [4.69, 9.17) is 4.74 Å². The van der Waals surface area contributed by atoms with E-state index in [9.17, 15) is 4.79 Å². The zero-order valence-electron chi connectivity index (χ0n) is 20.4. The van der Waals surface area contributed by atoms with E-state index >= 15 is 0 Å². The standard InChI is InChI=1S/C30H31N3O2/c1-4-35-26-17-15-25(16-18-26)31-30(34)33-20-24-8-5-6-9-27(24)32-19-7-10-28(32)29(33)23-13-11-22(12-14-23)21(2)3/h5-19,21,29H,4,20H2,1-3H3,(H,31,34)/t29-/m1/s1. The summed E-state index contributed by atoms with van der Waals surface area (Å²) in [5, 5.41) is 3.11. The van der Waals surface area contributed by atoms with Crippen molar-refractivity contribution in [2.24, 2.45) is 0 Å². The van der Waals surface area contributed by atoms with Crippen LogP contribution in [0.4, 0.5) is 10.5 Å². The van der Waals surface area contributed by atoms with Gasteiger partial charge in [-0.25, -0.2) is 4.79 Å². The van der Waals surface area contributed by atoms with Crippen molar-refractivity contribution in [2.75, 3.05) is 11.9 Å². The number of amides is 2. The molecule has 1 atom stereocenters. The summed E-state index contributed by atoms with van der Waals surface area (Å²) in [7, 11) is 0. The van der Waals surface area contributed by atoms with Crippen LogP contribution in [0.5, 0.6) is 5.75 Å². The maximum atomic E-state index is 13.8. The number of fused-ring (bicyclic) bond motifs is 3. The number of nitrogens with zero attached hydrogens (tertiary/aromatic N) is 2. The van der Waals surface area contributed by atoms with Gasteiger partial charge < -0.3 is 19.5 Å². The number of carbonyl (C=O) groups excluding carboxylic acids is 1. The molecule has 0 spiro atoms. The molecule has 0 saturated heterocycles. The van der Waals surface area contributed by atoms with E-state index in [1.165, 1.54) is 5.56 Å². The molecule has 5 rings (SSSR count). The van der Waals surface area contributed by atoms with Gasteiger partial charge in [0.15, 0.2) is 0 Å². The number of anilines is 1. The number of hydrogen-bond acceptors (Lipinski definition) is 2. The fourth-order valence-corrected chi connectivity index (χ4v) is 4.75. The Balaban J connectivity index is 1.55. The normalized spacial score (nSPS) is 14.7. The van der Waals surface area contributed by atoms with E-state index in [2.05, 4.69) is 78.5 Å². The molecule has 2 amide bonds. The van der Waals surface area contributed by atoms with Crippen molar-refractivity contribution in [3.63, 3.8) is 0 Å². The summed E-state index contributed by atoms with van der Waals surface area (Å²) in [5.41, 5.74) is 6.38. The Hall–Kier alpha value is -3.99. The van der Waals surface area contributed by atoms with Crippen molar-refractivity contribution in [3.05, 3.63) is 114 Å². The Bertz CT molecular complexity index is 1310. The first-order chi connectivity index (χ1) is 17.0. The Morgan fingerprint density at radius 2 is 1.71 bits per heavy atom. The number of benzene rings is 3. The Labute approximate surface area is 207 Å². The molecule has 1 aliphatic rings. The highest BCUT2D eigenvalue weighted by molar-refractivity contribution is 5.90. The molecule has 0 unspecified atom stereocenters. The molecular weight excluding hydrogens is 434 g/mol. The van der Waals surface area contributed by atoms with E-state index in [0.29, 0.717) is 19.1 Å². The van der Waals surface area contributed by atoms with Crippen LogP contribution in [0.3, 0.4) is 0 Å². The Morgan fingerprint density at radius 3 is 2.43 bits per heavy atom. The lowest BCUT2D eigenvalue weighted by Gasteiger charge is -2.31. The highest BCUT2D eigenvalue weighted by Crippen LogP contribution is 2.37. The van der Waals surface area contributed by atoms with Gasteiger partial charge in [0.05, 0.1) is 24.9 Å². The highest BCUT2D eigenvalue weighted by atomic mass is 16.5. The number of aromatic nitrogens is 1. The average molecular weight is 466 g/mol. The van der Waals surface area contributed by atoms with E-state index in [-0.39, 0.29) is 12.1 Å². The maximum absolute atomic E-state index is 13.8. The first kappa shape index (κ1) is 22.8. The van der Waals surface area contributed by atoms with Crippen LogP contribution in [0.2, 0.25) is 0 Å². The number of rotatable bonds is 5. The summed E-state index contributed by atoms with van der Waals surface area (Å²) in [5.74, 6) is 1.24. The van der Waals surface area contributed by atoms with Gasteiger partial charge in [-0.2, -0.15) is 0 Å². The zero-order chi connectivity index (χ0) is 24.4. The molecule has 2 heterocycles. The van der Waals surface area contributed by atoms with Gasteiger partial charge in [0, 0.05) is 17.6 Å². The monoisotopic (exact) mass is 465 g/mol. The third kappa shape index (κ3) is 4.54. The third-order valence-electron chi connectivity index (χ3n) is 6.56. The van der Waals surface area contributed by atoms with E-state index in [1.54, 1.807) is 0 Å². The summed E-state index contributed by atoms with van der Waals surface area (Å²) in [6, 6.07) is 28.3. The minimum atomic E-state index is -0.235. The number of nitrogens with one attached hydrogen (secondary N) is 1. The Kier molecular flexibility index (Phi) is 6.32. The molecule has 0 fully saturated rings. The molecule has 178 valence electrons. The molecule has 5 nitrogen and oxygen atoms in total. The highest BCUT2D eigenvalue weighted by Gasteiger charge is 2.33. The molecule has 0 radical (unpaired) electrons. The summed E-state index contributed by atoms with van der Waals surface area (Å²) < 4.78 is 7.75. The second-order valence-corrected chi connectivity index (χ2v) is 9.17. The molecule has 35 heavy (non-hydrogen) atoms. The molecule has 0 bridgehead atoms. The number of para-hydroxylation sites is 1. The molecular formula is C30H31N3O2. The summed E-state index contributed by atoms with van der Waals surface area (Å²) in [6.07, 6.45) is 2.08.